The van der Waals surface area contributed by atoms with E-state index in [9.17, 15) is 31.0 Å². The monoisotopic (exact) mass is 555 g/mol. The molecule has 6 N–H and O–H groups in total. The number of rotatable bonds is 7. The van der Waals surface area contributed by atoms with Gasteiger partial charge in [-0.2, -0.15) is 8.42 Å². The first-order chi connectivity index (χ1) is 16.9. The molecule has 0 fully saturated rings. The number of carbonyl (C=O) groups is 2. The number of nitrogens with one attached hydrogen (secondary N) is 2. The average molecular weight is 556 g/mol. The molecular weight excluding hydrogens is 533 g/mol. The second kappa shape index (κ2) is 10.6. The second-order valence-electron chi connectivity index (χ2n) is 7.99. The van der Waals surface area contributed by atoms with Gasteiger partial charge in [0.05, 0.1) is 34.0 Å². The zero-order valence-corrected chi connectivity index (χ0v) is 23.4. The molecule has 0 spiro atoms. The van der Waals surface area contributed by atoms with Crippen LogP contribution in [0.15, 0.2) is 58.3 Å². The molecule has 0 bridgehead atoms. The maximum atomic E-state index is 13.4. The largest absolute Gasteiger partial charge is 1.00 e. The zero-order chi connectivity index (χ0) is 26.4. The van der Waals surface area contributed by atoms with Crippen molar-refractivity contribution in [3.8, 4) is 0 Å². The Kier molecular flexibility index (Phi) is 8.32. The molecule has 0 aromatic heterocycles. The van der Waals surface area contributed by atoms with E-state index in [1.165, 1.54) is 36.4 Å². The number of benzene rings is 3. The molecule has 3 aromatic carbocycles. The Morgan fingerprint density at radius 1 is 0.919 bits per heavy atom. The molecule has 0 heterocycles. The normalized spacial score (nSPS) is 12.9. The van der Waals surface area contributed by atoms with Crippen molar-refractivity contribution in [3.63, 3.8) is 0 Å². The molecule has 0 aliphatic heterocycles. The number of hydrogen-bond donors (Lipinski definition) is 5. The van der Waals surface area contributed by atoms with Crippen LogP contribution in [-0.2, 0) is 20.1 Å². The fraction of sp³-hybridized carbons (Fsp3) is 0.130. The maximum Gasteiger partial charge on any atom is 1.00 e. The number of hydrogen-bond acceptors (Lipinski definition) is 9. The van der Waals surface area contributed by atoms with Crippen molar-refractivity contribution in [2.45, 2.75) is 16.7 Å². The number of nitrogens with two attached hydrogens (primary N) is 1. The third kappa shape index (κ3) is 5.35. The molecule has 0 saturated carbocycles. The molecule has 37 heavy (non-hydrogen) atoms. The Morgan fingerprint density at radius 3 is 2.08 bits per heavy atom. The maximum absolute atomic E-state index is 13.4. The first-order valence-corrected chi connectivity index (χ1v) is 13.4. The molecule has 0 atom stereocenters. The first kappa shape index (κ1) is 28.9. The molecule has 4 rings (SSSR count). The van der Waals surface area contributed by atoms with Gasteiger partial charge in [-0.1, -0.05) is 30.3 Å². The van der Waals surface area contributed by atoms with Crippen molar-refractivity contribution in [2.24, 2.45) is 0 Å². The van der Waals surface area contributed by atoms with Crippen molar-refractivity contribution < 1.29 is 67.1 Å². The van der Waals surface area contributed by atoms with Gasteiger partial charge < -0.3 is 17.6 Å². The predicted molar refractivity (Wildman–Crippen MR) is 132 cm³/mol. The van der Waals surface area contributed by atoms with E-state index in [0.717, 1.165) is 6.07 Å². The minimum Gasteiger partial charge on any atom is -1.00 e. The number of aryl methyl sites for hydroxylation is 1. The number of nitrogen functional groups attached to an aromatic ring is 1. The summed E-state index contributed by atoms with van der Waals surface area (Å²) >= 11 is 0. The van der Waals surface area contributed by atoms with Crippen LogP contribution in [0.3, 0.4) is 0 Å². The molecule has 0 amide bonds. The minimum atomic E-state index is -4.91. The molecular formula is C23H22N3NaO8S2. The van der Waals surface area contributed by atoms with Crippen LogP contribution in [0.25, 0.3) is 0 Å². The fourth-order valence-electron chi connectivity index (χ4n) is 3.99. The average Bonchev–Trinajstić information content (AvgIpc) is 2.82. The second-order valence-corrected chi connectivity index (χ2v) is 11.1. The van der Waals surface area contributed by atoms with Gasteiger partial charge in [0.1, 0.15) is 4.90 Å². The van der Waals surface area contributed by atoms with Gasteiger partial charge >= 0.3 is 29.6 Å². The SMILES string of the molecule is Cc1ccc(Nc2cc(S(=O)(=O)O)c(N)c3c2C(=O)c2ccccc2C3=O)cc1S(=O)(=O)NCCO.[H-].[Na+]. The van der Waals surface area contributed by atoms with Gasteiger partial charge in [0.15, 0.2) is 11.6 Å². The molecule has 11 nitrogen and oxygen atoms in total. The van der Waals surface area contributed by atoms with Crippen LogP contribution in [0, 0.1) is 6.92 Å². The number of aliphatic hydroxyl groups excluding tert-OH is 1. The summed E-state index contributed by atoms with van der Waals surface area (Å²) in [6.07, 6.45) is 0. The van der Waals surface area contributed by atoms with Gasteiger partial charge in [-0.25, -0.2) is 13.1 Å². The molecule has 0 radical (unpaired) electrons. The van der Waals surface area contributed by atoms with Crippen LogP contribution in [0.4, 0.5) is 17.1 Å². The summed E-state index contributed by atoms with van der Waals surface area (Å²) in [5.41, 5.74) is 5.23. The van der Waals surface area contributed by atoms with Gasteiger partial charge in [-0.05, 0) is 30.7 Å². The van der Waals surface area contributed by atoms with E-state index < -0.39 is 48.9 Å². The van der Waals surface area contributed by atoms with Gasteiger partial charge in [0.2, 0.25) is 10.0 Å². The Morgan fingerprint density at radius 2 is 1.51 bits per heavy atom. The van der Waals surface area contributed by atoms with Gasteiger partial charge in [-0.3, -0.25) is 14.1 Å². The first-order valence-electron chi connectivity index (χ1n) is 10.5. The Balaban J connectivity index is 0.00000253. The topological polar surface area (TPSA) is 193 Å². The van der Waals surface area contributed by atoms with Gasteiger partial charge in [-0.15, -0.1) is 0 Å². The Hall–Kier alpha value is -2.62. The van der Waals surface area contributed by atoms with Crippen LogP contribution in [0.1, 0.15) is 38.8 Å². The van der Waals surface area contributed by atoms with Crippen molar-refractivity contribution in [1.29, 1.82) is 0 Å². The minimum absolute atomic E-state index is 0. The third-order valence-electron chi connectivity index (χ3n) is 5.64. The molecule has 1 aliphatic rings. The summed E-state index contributed by atoms with van der Waals surface area (Å²) in [7, 11) is -8.92. The van der Waals surface area contributed by atoms with E-state index in [4.69, 9.17) is 10.8 Å². The summed E-state index contributed by atoms with van der Waals surface area (Å²) in [4.78, 5) is 25.7. The van der Waals surface area contributed by atoms with E-state index in [-0.39, 0.29) is 76.1 Å². The fourth-order valence-corrected chi connectivity index (χ4v) is 5.92. The predicted octanol–water partition coefficient (Wildman–Crippen LogP) is -1.27. The van der Waals surface area contributed by atoms with Crippen LogP contribution >= 0.6 is 0 Å². The van der Waals surface area contributed by atoms with Gasteiger partial charge in [0, 0.05) is 23.4 Å². The summed E-state index contributed by atoms with van der Waals surface area (Å²) < 4.78 is 61.3. The standard InChI is InChI=1S/C23H21N3O8S2.Na.H/c1-12-6-7-13(10-17(12)35(30,31)25-8-9-27)26-16-11-18(36(32,33)34)21(24)20-19(16)22(28)14-4-2-3-5-15(14)23(20)29;;/h2-7,10-11,25-27H,8-9,24H2,1H3,(H,32,33,34);;/q;+1;-1. The quantitative estimate of drug-likeness (QED) is 0.104. The van der Waals surface area contributed by atoms with E-state index in [0.29, 0.717) is 5.56 Å². The number of sulfonamides is 1. The molecule has 190 valence electrons. The molecule has 3 aromatic rings. The molecule has 0 saturated heterocycles. The van der Waals surface area contributed by atoms with Crippen LogP contribution < -0.4 is 45.3 Å². The molecule has 1 aliphatic carbocycles. The summed E-state index contributed by atoms with van der Waals surface area (Å²) in [6, 6.07) is 11.1. The van der Waals surface area contributed by atoms with Crippen LogP contribution in [-0.4, -0.2) is 51.2 Å². The summed E-state index contributed by atoms with van der Waals surface area (Å²) in [6.45, 7) is 0.931. The van der Waals surface area contributed by atoms with E-state index in [1.807, 2.05) is 0 Å². The number of anilines is 3. The van der Waals surface area contributed by atoms with E-state index in [1.54, 1.807) is 13.0 Å². The zero-order valence-electron chi connectivity index (χ0n) is 20.8. The van der Waals surface area contributed by atoms with Crippen molar-refractivity contribution in [3.05, 3.63) is 76.3 Å². The number of ketones is 2. The molecule has 14 heteroatoms. The number of carbonyl (C=O) groups excluding carboxylic acids is 2. The van der Waals surface area contributed by atoms with Gasteiger partial charge in [0.25, 0.3) is 10.1 Å². The van der Waals surface area contributed by atoms with Crippen LogP contribution in [0.5, 0.6) is 0 Å². The van der Waals surface area contributed by atoms with E-state index in [2.05, 4.69) is 10.0 Å². The summed E-state index contributed by atoms with van der Waals surface area (Å²) in [5, 5.41) is 11.8. The number of aliphatic hydroxyl groups is 1. The molecule has 0 unspecified atom stereocenters. The Bertz CT molecular complexity index is 1660. The van der Waals surface area contributed by atoms with Crippen molar-refractivity contribution >= 4 is 48.8 Å². The summed E-state index contributed by atoms with van der Waals surface area (Å²) in [5.74, 6) is -1.31. The van der Waals surface area contributed by atoms with Crippen molar-refractivity contribution in [2.75, 3.05) is 24.2 Å². The smallest absolute Gasteiger partial charge is 1.00 e. The Labute approximate surface area is 236 Å². The van der Waals surface area contributed by atoms with E-state index >= 15 is 0 Å². The van der Waals surface area contributed by atoms with Crippen molar-refractivity contribution in [1.82, 2.24) is 4.72 Å². The van der Waals surface area contributed by atoms with Crippen LogP contribution in [0.2, 0.25) is 0 Å². The third-order valence-corrected chi connectivity index (χ3v) is 8.14. The number of fused-ring (bicyclic) bond motifs is 2.